The zero-order chi connectivity index (χ0) is 15.9. The first kappa shape index (κ1) is 14.2. The van der Waals surface area contributed by atoms with E-state index in [1.54, 1.807) is 12.1 Å². The minimum atomic E-state index is -0.918. The smallest absolute Gasteiger partial charge is 0.261 e. The molecule has 0 saturated heterocycles. The van der Waals surface area contributed by atoms with Crippen LogP contribution in [-0.4, -0.2) is 23.8 Å². The Morgan fingerprint density at radius 1 is 1.00 bits per heavy atom. The number of amides is 2. The summed E-state index contributed by atoms with van der Waals surface area (Å²) in [5.74, 6) is -3.29. The topological polar surface area (TPSA) is 46.6 Å². The number of methoxy groups -OCH3 is 1. The van der Waals surface area contributed by atoms with Crippen molar-refractivity contribution >= 4 is 11.8 Å². The minimum absolute atomic E-state index is 0.00718. The maximum Gasteiger partial charge on any atom is 0.261 e. The molecule has 0 N–H and O–H groups in total. The highest BCUT2D eigenvalue weighted by Gasteiger charge is 2.35. The van der Waals surface area contributed by atoms with E-state index in [-0.39, 0.29) is 23.2 Å². The third kappa shape index (κ3) is 2.04. The Balaban J connectivity index is 1.96. The first-order chi connectivity index (χ1) is 10.5. The molecule has 1 aliphatic rings. The third-order valence-electron chi connectivity index (χ3n) is 3.54. The molecule has 4 nitrogen and oxygen atoms in total. The predicted octanol–water partition coefficient (Wildman–Crippen LogP) is 2.77. The van der Waals surface area contributed by atoms with Gasteiger partial charge in [0.1, 0.15) is 0 Å². The van der Waals surface area contributed by atoms with Crippen molar-refractivity contribution in [2.24, 2.45) is 0 Å². The molecule has 6 heteroatoms. The Morgan fingerprint density at radius 2 is 1.59 bits per heavy atom. The summed E-state index contributed by atoms with van der Waals surface area (Å²) >= 11 is 0. The van der Waals surface area contributed by atoms with E-state index < -0.39 is 29.2 Å². The molecule has 1 aliphatic heterocycles. The van der Waals surface area contributed by atoms with Gasteiger partial charge in [0.25, 0.3) is 11.8 Å². The van der Waals surface area contributed by atoms with Crippen LogP contribution in [0.3, 0.4) is 0 Å². The quantitative estimate of drug-likeness (QED) is 0.819. The van der Waals surface area contributed by atoms with Crippen LogP contribution in [0, 0.1) is 11.6 Å². The van der Waals surface area contributed by atoms with Crippen molar-refractivity contribution in [2.45, 2.75) is 6.54 Å². The lowest BCUT2D eigenvalue weighted by Crippen LogP contribution is -2.29. The molecule has 3 rings (SSSR count). The van der Waals surface area contributed by atoms with Crippen LogP contribution in [0.25, 0.3) is 0 Å². The predicted molar refractivity (Wildman–Crippen MR) is 73.6 cm³/mol. The van der Waals surface area contributed by atoms with Crippen LogP contribution < -0.4 is 4.74 Å². The summed E-state index contributed by atoms with van der Waals surface area (Å²) in [5, 5.41) is 0. The van der Waals surface area contributed by atoms with Crippen molar-refractivity contribution in [2.75, 3.05) is 7.11 Å². The fourth-order valence-corrected chi connectivity index (χ4v) is 2.44. The molecule has 0 saturated carbocycles. The first-order valence-corrected chi connectivity index (χ1v) is 6.50. The monoisotopic (exact) mass is 303 g/mol. The minimum Gasteiger partial charge on any atom is -0.491 e. The van der Waals surface area contributed by atoms with Gasteiger partial charge < -0.3 is 4.74 Å². The number of nitrogens with zero attached hydrogens (tertiary/aromatic N) is 1. The summed E-state index contributed by atoms with van der Waals surface area (Å²) in [6.45, 7) is -0.283. The fraction of sp³-hybridized carbons (Fsp3) is 0.125. The Labute approximate surface area is 124 Å². The average Bonchev–Trinajstić information content (AvgIpc) is 2.76. The summed E-state index contributed by atoms with van der Waals surface area (Å²) < 4.78 is 32.2. The molecule has 2 aromatic rings. The van der Waals surface area contributed by atoms with Crippen LogP contribution in [0.15, 0.2) is 36.4 Å². The Morgan fingerprint density at radius 3 is 2.14 bits per heavy atom. The summed E-state index contributed by atoms with van der Waals surface area (Å²) in [7, 11) is 1.15. The van der Waals surface area contributed by atoms with Crippen molar-refractivity contribution in [1.29, 1.82) is 0 Å². The molecule has 112 valence electrons. The van der Waals surface area contributed by atoms with Gasteiger partial charge in [-0.1, -0.05) is 18.2 Å². The van der Waals surface area contributed by atoms with Gasteiger partial charge in [-0.3, -0.25) is 14.5 Å². The highest BCUT2D eigenvalue weighted by atomic mass is 19.1. The number of carbonyl (C=O) groups is 2. The summed E-state index contributed by atoms with van der Waals surface area (Å²) in [6, 6.07) is 8.60. The Bertz CT molecular complexity index is 754. The van der Waals surface area contributed by atoms with Crippen LogP contribution >= 0.6 is 0 Å². The van der Waals surface area contributed by atoms with Gasteiger partial charge in [0.2, 0.25) is 0 Å². The molecule has 0 spiro atoms. The van der Waals surface area contributed by atoms with Gasteiger partial charge in [0.15, 0.2) is 17.4 Å². The zero-order valence-electron chi connectivity index (χ0n) is 11.6. The maximum atomic E-state index is 14.2. The number of hydrogen-bond donors (Lipinski definition) is 0. The number of rotatable bonds is 3. The van der Waals surface area contributed by atoms with Gasteiger partial charge in [-0.2, -0.15) is 0 Å². The molecule has 2 aromatic carbocycles. The van der Waals surface area contributed by atoms with Crippen molar-refractivity contribution in [3.05, 3.63) is 64.7 Å². The Kier molecular flexibility index (Phi) is 3.36. The van der Waals surface area contributed by atoms with Crippen molar-refractivity contribution in [3.8, 4) is 5.75 Å². The van der Waals surface area contributed by atoms with E-state index >= 15 is 0 Å². The van der Waals surface area contributed by atoms with Gasteiger partial charge in [0.05, 0.1) is 24.8 Å². The molecule has 0 bridgehead atoms. The van der Waals surface area contributed by atoms with Gasteiger partial charge in [-0.05, 0) is 18.2 Å². The molecule has 0 atom stereocenters. The molecule has 22 heavy (non-hydrogen) atoms. The number of fused-ring (bicyclic) bond motifs is 1. The second-order valence-corrected chi connectivity index (χ2v) is 4.80. The molecule has 0 unspecified atom stereocenters. The van der Waals surface area contributed by atoms with Crippen LogP contribution in [0.4, 0.5) is 8.78 Å². The van der Waals surface area contributed by atoms with E-state index in [9.17, 15) is 18.4 Å². The largest absolute Gasteiger partial charge is 0.491 e. The van der Waals surface area contributed by atoms with Gasteiger partial charge in [0, 0.05) is 5.56 Å². The molecule has 0 aliphatic carbocycles. The van der Waals surface area contributed by atoms with Crippen molar-refractivity contribution in [3.63, 3.8) is 0 Å². The lowest BCUT2D eigenvalue weighted by Gasteiger charge is -2.15. The van der Waals surface area contributed by atoms with Gasteiger partial charge >= 0.3 is 0 Å². The highest BCUT2D eigenvalue weighted by Crippen LogP contribution is 2.28. The van der Waals surface area contributed by atoms with Gasteiger partial charge in [-0.25, -0.2) is 8.78 Å². The van der Waals surface area contributed by atoms with E-state index in [0.29, 0.717) is 0 Å². The Hall–Kier alpha value is -2.76. The third-order valence-corrected chi connectivity index (χ3v) is 3.54. The molecular weight excluding hydrogens is 292 g/mol. The molecule has 1 heterocycles. The SMILES string of the molecule is COc1c(F)ccc(CN2C(=O)c3ccccc3C2=O)c1F. The van der Waals surface area contributed by atoms with Crippen molar-refractivity contribution in [1.82, 2.24) is 4.90 Å². The number of ether oxygens (including phenoxy) is 1. The summed E-state index contributed by atoms with van der Waals surface area (Å²) in [4.78, 5) is 25.4. The molecular formula is C16H11F2NO3. The second-order valence-electron chi connectivity index (χ2n) is 4.80. The van der Waals surface area contributed by atoms with Crippen LogP contribution in [0.1, 0.15) is 26.3 Å². The summed E-state index contributed by atoms with van der Waals surface area (Å²) in [5.41, 5.74) is 0.566. The normalized spacial score (nSPS) is 13.5. The zero-order valence-corrected chi connectivity index (χ0v) is 11.6. The van der Waals surface area contributed by atoms with Crippen LogP contribution in [0.5, 0.6) is 5.75 Å². The maximum absolute atomic E-state index is 14.2. The standard InChI is InChI=1S/C16H11F2NO3/c1-22-14-12(17)7-6-9(13(14)18)8-19-15(20)10-4-2-3-5-11(10)16(19)21/h2-7H,8H2,1H3. The fourth-order valence-electron chi connectivity index (χ4n) is 2.44. The van der Waals surface area contributed by atoms with E-state index in [1.165, 1.54) is 18.2 Å². The van der Waals surface area contributed by atoms with E-state index in [4.69, 9.17) is 0 Å². The lowest BCUT2D eigenvalue weighted by atomic mass is 10.1. The van der Waals surface area contributed by atoms with Crippen LogP contribution in [-0.2, 0) is 6.54 Å². The van der Waals surface area contributed by atoms with E-state index in [1.807, 2.05) is 0 Å². The van der Waals surface area contributed by atoms with Crippen LogP contribution in [0.2, 0.25) is 0 Å². The van der Waals surface area contributed by atoms with E-state index in [0.717, 1.165) is 18.1 Å². The second kappa shape index (κ2) is 5.22. The van der Waals surface area contributed by atoms with E-state index in [2.05, 4.69) is 4.74 Å². The number of hydrogen-bond acceptors (Lipinski definition) is 3. The number of benzene rings is 2. The van der Waals surface area contributed by atoms with Gasteiger partial charge in [-0.15, -0.1) is 0 Å². The first-order valence-electron chi connectivity index (χ1n) is 6.50. The number of carbonyl (C=O) groups excluding carboxylic acids is 2. The number of imide groups is 1. The van der Waals surface area contributed by atoms with Crippen molar-refractivity contribution < 1.29 is 23.1 Å². The lowest BCUT2D eigenvalue weighted by molar-refractivity contribution is 0.0640. The molecule has 2 amide bonds. The molecule has 0 fully saturated rings. The number of halogens is 2. The highest BCUT2D eigenvalue weighted by molar-refractivity contribution is 6.21. The summed E-state index contributed by atoms with van der Waals surface area (Å²) in [6.07, 6.45) is 0. The molecule has 0 radical (unpaired) electrons. The molecule has 0 aromatic heterocycles. The average molecular weight is 303 g/mol.